The number of carbonyl (C=O) groups excluding carboxylic acids is 2. The number of nitrogens with zero attached hydrogens (tertiary/aromatic N) is 5. The Balaban J connectivity index is 1.55. The van der Waals surface area contributed by atoms with E-state index in [2.05, 4.69) is 27.2 Å². The van der Waals surface area contributed by atoms with E-state index in [1.165, 1.54) is 0 Å². The van der Waals surface area contributed by atoms with Crippen LogP contribution in [0.5, 0.6) is 17.2 Å². The molecule has 2 aliphatic heterocycles. The number of fused-ring (bicyclic) bond motifs is 5. The standard InChI is InChI=1S/C36H50N6O6/c1-25-10-8-12-28(38-25)23-40-14-6-7-15-41(33(44)13-17-45-2)24-32(43)37-20-26-11-9-16-42(21-26)36-27(22-40)18-29-30(39-36)19-31(46-3)35(48-5)34(29)47-4/h8,10,12,18-19,26H,6-7,9,11,13-17,20-24H2,1-5H3,(H,37,43). The van der Waals surface area contributed by atoms with Gasteiger partial charge in [-0.1, -0.05) is 6.07 Å². The van der Waals surface area contributed by atoms with Crippen molar-refractivity contribution >= 4 is 28.5 Å². The molecule has 48 heavy (non-hydrogen) atoms. The first kappa shape index (κ1) is 35.2. The topological polar surface area (TPSA) is 119 Å². The van der Waals surface area contributed by atoms with Crippen LogP contribution in [0, 0.1) is 12.8 Å². The van der Waals surface area contributed by atoms with Crippen molar-refractivity contribution in [3.05, 3.63) is 47.3 Å². The Morgan fingerprint density at radius 2 is 1.77 bits per heavy atom. The molecule has 0 aliphatic carbocycles. The Bertz CT molecular complexity index is 1570. The van der Waals surface area contributed by atoms with Crippen molar-refractivity contribution in [3.8, 4) is 17.2 Å². The molecule has 0 saturated carbocycles. The zero-order valence-corrected chi connectivity index (χ0v) is 29.0. The second kappa shape index (κ2) is 16.8. The molecule has 1 fully saturated rings. The number of hydrogen-bond donors (Lipinski definition) is 1. The first-order chi connectivity index (χ1) is 23.3. The van der Waals surface area contributed by atoms with E-state index in [1.807, 2.05) is 25.1 Å². The number of aromatic nitrogens is 2. The fourth-order valence-electron chi connectivity index (χ4n) is 6.77. The van der Waals surface area contributed by atoms with E-state index in [-0.39, 0.29) is 30.7 Å². The molecular formula is C36H50N6O6. The number of methoxy groups -OCH3 is 4. The summed E-state index contributed by atoms with van der Waals surface area (Å²) < 4.78 is 22.4. The van der Waals surface area contributed by atoms with Crippen molar-refractivity contribution in [2.24, 2.45) is 5.92 Å². The van der Waals surface area contributed by atoms with Gasteiger partial charge < -0.3 is 34.1 Å². The average Bonchev–Trinajstić information content (AvgIpc) is 3.09. The molecule has 0 spiro atoms. The van der Waals surface area contributed by atoms with E-state index in [0.717, 1.165) is 79.0 Å². The summed E-state index contributed by atoms with van der Waals surface area (Å²) in [5.41, 5.74) is 3.81. The van der Waals surface area contributed by atoms with Crippen LogP contribution in [0.1, 0.15) is 49.1 Å². The molecule has 1 N–H and O–H groups in total. The number of anilines is 1. The summed E-state index contributed by atoms with van der Waals surface area (Å²) in [5.74, 6) is 2.65. The highest BCUT2D eigenvalue weighted by Gasteiger charge is 2.27. The third-order valence-electron chi connectivity index (χ3n) is 9.17. The second-order valence-electron chi connectivity index (χ2n) is 12.7. The molecule has 12 heteroatoms. The molecule has 2 aliphatic rings. The Hall–Kier alpha value is -4.16. The van der Waals surface area contributed by atoms with Crippen molar-refractivity contribution in [2.75, 3.05) is 79.2 Å². The second-order valence-corrected chi connectivity index (χ2v) is 12.7. The summed E-state index contributed by atoms with van der Waals surface area (Å²) in [7, 11) is 6.44. The van der Waals surface area contributed by atoms with E-state index in [4.69, 9.17) is 28.9 Å². The largest absolute Gasteiger partial charge is 0.493 e. The molecule has 260 valence electrons. The molecular weight excluding hydrogens is 612 g/mol. The highest BCUT2D eigenvalue weighted by atomic mass is 16.5. The molecule has 0 radical (unpaired) electrons. The lowest BCUT2D eigenvalue weighted by molar-refractivity contribution is -0.136. The lowest BCUT2D eigenvalue weighted by atomic mass is 9.97. The van der Waals surface area contributed by atoms with Crippen LogP contribution in [0.2, 0.25) is 0 Å². The van der Waals surface area contributed by atoms with Crippen molar-refractivity contribution in [3.63, 3.8) is 0 Å². The lowest BCUT2D eigenvalue weighted by Crippen LogP contribution is -2.45. The minimum atomic E-state index is -0.130. The number of benzene rings is 1. The summed E-state index contributed by atoms with van der Waals surface area (Å²) >= 11 is 0. The van der Waals surface area contributed by atoms with Gasteiger partial charge in [0.1, 0.15) is 5.82 Å². The minimum absolute atomic E-state index is 0.0550. The monoisotopic (exact) mass is 662 g/mol. The van der Waals surface area contributed by atoms with Gasteiger partial charge in [-0.15, -0.1) is 0 Å². The zero-order chi connectivity index (χ0) is 34.0. The normalized spacial score (nSPS) is 18.3. The maximum Gasteiger partial charge on any atom is 0.239 e. The van der Waals surface area contributed by atoms with Crippen LogP contribution >= 0.6 is 0 Å². The van der Waals surface area contributed by atoms with Crippen LogP contribution in [0.25, 0.3) is 10.9 Å². The van der Waals surface area contributed by atoms with Crippen molar-refractivity contribution in [1.82, 2.24) is 25.1 Å². The fourth-order valence-corrected chi connectivity index (χ4v) is 6.77. The van der Waals surface area contributed by atoms with Gasteiger partial charge in [0.15, 0.2) is 11.5 Å². The molecule has 2 aromatic heterocycles. The van der Waals surface area contributed by atoms with Crippen LogP contribution in [-0.2, 0) is 27.4 Å². The summed E-state index contributed by atoms with van der Waals surface area (Å²) in [6.07, 6.45) is 3.82. The van der Waals surface area contributed by atoms with Crippen LogP contribution in [-0.4, -0.2) is 106 Å². The number of pyridine rings is 2. The van der Waals surface area contributed by atoms with E-state index < -0.39 is 0 Å². The fraction of sp³-hybridized carbons (Fsp3) is 0.556. The van der Waals surface area contributed by atoms with Gasteiger partial charge in [-0.2, -0.15) is 0 Å². The average molecular weight is 663 g/mol. The molecule has 4 heterocycles. The molecule has 2 amide bonds. The number of aryl methyl sites for hydroxylation is 1. The minimum Gasteiger partial charge on any atom is -0.493 e. The van der Waals surface area contributed by atoms with Crippen LogP contribution in [0.4, 0.5) is 5.82 Å². The molecule has 12 nitrogen and oxygen atoms in total. The number of amides is 2. The van der Waals surface area contributed by atoms with Gasteiger partial charge in [-0.3, -0.25) is 19.5 Å². The molecule has 5 rings (SSSR count). The smallest absolute Gasteiger partial charge is 0.239 e. The lowest BCUT2D eigenvalue weighted by Gasteiger charge is -2.36. The summed E-state index contributed by atoms with van der Waals surface area (Å²) in [4.78, 5) is 42.7. The third-order valence-corrected chi connectivity index (χ3v) is 9.17. The van der Waals surface area contributed by atoms with Gasteiger partial charge in [-0.05, 0) is 63.3 Å². The number of rotatable bonds is 8. The van der Waals surface area contributed by atoms with E-state index in [0.29, 0.717) is 50.0 Å². The van der Waals surface area contributed by atoms with Crippen molar-refractivity contribution in [2.45, 2.75) is 52.1 Å². The maximum absolute atomic E-state index is 13.1. The molecule has 1 aromatic carbocycles. The highest BCUT2D eigenvalue weighted by Crippen LogP contribution is 2.44. The van der Waals surface area contributed by atoms with E-state index >= 15 is 0 Å². The van der Waals surface area contributed by atoms with Crippen LogP contribution in [0.15, 0.2) is 30.3 Å². The maximum atomic E-state index is 13.1. The number of ether oxygens (including phenoxy) is 4. The number of carbonyl (C=O) groups is 2. The van der Waals surface area contributed by atoms with Gasteiger partial charge in [0, 0.05) is 69.1 Å². The Labute approximate surface area is 283 Å². The molecule has 3 aromatic rings. The number of hydrogen-bond acceptors (Lipinski definition) is 10. The van der Waals surface area contributed by atoms with Crippen molar-refractivity contribution in [1.29, 1.82) is 0 Å². The first-order valence-electron chi connectivity index (χ1n) is 16.9. The van der Waals surface area contributed by atoms with E-state index in [1.54, 1.807) is 33.3 Å². The number of nitrogens with one attached hydrogen (secondary N) is 1. The van der Waals surface area contributed by atoms with Gasteiger partial charge in [0.05, 0.1) is 52.1 Å². The van der Waals surface area contributed by atoms with Gasteiger partial charge in [-0.25, -0.2) is 4.98 Å². The van der Waals surface area contributed by atoms with Gasteiger partial charge >= 0.3 is 0 Å². The Morgan fingerprint density at radius 3 is 2.52 bits per heavy atom. The number of piperidine rings is 1. The van der Waals surface area contributed by atoms with Crippen molar-refractivity contribution < 1.29 is 28.5 Å². The predicted molar refractivity (Wildman–Crippen MR) is 185 cm³/mol. The Morgan fingerprint density at radius 1 is 0.958 bits per heavy atom. The Kier molecular flexibility index (Phi) is 12.3. The first-order valence-corrected chi connectivity index (χ1v) is 16.9. The van der Waals surface area contributed by atoms with Crippen LogP contribution in [0.3, 0.4) is 0 Å². The predicted octanol–water partition coefficient (Wildman–Crippen LogP) is 3.96. The van der Waals surface area contributed by atoms with E-state index in [9.17, 15) is 9.59 Å². The SMILES string of the molecule is COCCC(=O)N1CCCCN(Cc2cccc(C)n2)Cc2cc3c(OC)c(OC)c(OC)cc3nc2N2CCCC(CNC(=O)C1)C2. The summed E-state index contributed by atoms with van der Waals surface area (Å²) in [6, 6.07) is 10.2. The van der Waals surface area contributed by atoms with Gasteiger partial charge in [0.25, 0.3) is 0 Å². The van der Waals surface area contributed by atoms with Gasteiger partial charge in [0.2, 0.25) is 17.6 Å². The molecule has 1 unspecified atom stereocenters. The zero-order valence-electron chi connectivity index (χ0n) is 29.0. The summed E-state index contributed by atoms with van der Waals surface area (Å²) in [6.45, 7) is 7.13. The quantitative estimate of drug-likeness (QED) is 0.380. The molecule has 1 saturated heterocycles. The summed E-state index contributed by atoms with van der Waals surface area (Å²) in [5, 5.41) is 3.97. The van der Waals surface area contributed by atoms with Crippen LogP contribution < -0.4 is 24.4 Å². The molecule has 1 atom stereocenters. The highest BCUT2D eigenvalue weighted by molar-refractivity contribution is 5.92. The third kappa shape index (κ3) is 8.65. The molecule has 2 bridgehead atoms.